The van der Waals surface area contributed by atoms with Gasteiger partial charge in [0.1, 0.15) is 6.04 Å². The molecule has 0 aromatic heterocycles. The molecule has 1 unspecified atom stereocenters. The molecule has 1 aromatic rings. The molecule has 1 fully saturated rings. The van der Waals surface area contributed by atoms with E-state index in [1.165, 1.54) is 12.0 Å². The van der Waals surface area contributed by atoms with E-state index >= 15 is 0 Å². The van der Waals surface area contributed by atoms with Gasteiger partial charge < -0.3 is 15.0 Å². The van der Waals surface area contributed by atoms with Crippen molar-refractivity contribution in [2.45, 2.75) is 18.9 Å². The lowest BCUT2D eigenvalue weighted by Gasteiger charge is -2.23. The number of urea groups is 1. The number of likely N-dealkylation sites (tertiary alicyclic amines) is 1. The fourth-order valence-electron chi connectivity index (χ4n) is 2.16. The van der Waals surface area contributed by atoms with Gasteiger partial charge in [0.2, 0.25) is 0 Å². The normalized spacial score (nSPS) is 17.9. The van der Waals surface area contributed by atoms with Crippen molar-refractivity contribution >= 4 is 40.9 Å². The molecule has 2 rings (SSSR count). The summed E-state index contributed by atoms with van der Waals surface area (Å²) in [5.41, 5.74) is 0.528. The Morgan fingerprint density at radius 3 is 2.75 bits per heavy atom. The summed E-state index contributed by atoms with van der Waals surface area (Å²) in [5.74, 6) is -0.396. The first-order chi connectivity index (χ1) is 9.52. The molecule has 0 saturated carbocycles. The van der Waals surface area contributed by atoms with Crippen LogP contribution < -0.4 is 5.32 Å². The molecule has 5 nitrogen and oxygen atoms in total. The largest absolute Gasteiger partial charge is 0.467 e. The van der Waals surface area contributed by atoms with Gasteiger partial charge in [-0.25, -0.2) is 9.59 Å². The van der Waals surface area contributed by atoms with Gasteiger partial charge in [0, 0.05) is 12.2 Å². The molecule has 0 aliphatic carbocycles. The summed E-state index contributed by atoms with van der Waals surface area (Å²) < 4.78 is 4.70. The number of hydrogen-bond donors (Lipinski definition) is 1. The fraction of sp³-hybridized carbons (Fsp3) is 0.385. The van der Waals surface area contributed by atoms with Crippen molar-refractivity contribution in [3.05, 3.63) is 28.2 Å². The maximum absolute atomic E-state index is 12.2. The second-order valence-electron chi connectivity index (χ2n) is 4.43. The van der Waals surface area contributed by atoms with E-state index in [0.29, 0.717) is 28.7 Å². The molecule has 0 bridgehead atoms. The maximum Gasteiger partial charge on any atom is 0.328 e. The molecule has 1 aromatic carbocycles. The van der Waals surface area contributed by atoms with Crippen LogP contribution in [0.5, 0.6) is 0 Å². The van der Waals surface area contributed by atoms with Gasteiger partial charge in [0.15, 0.2) is 0 Å². The van der Waals surface area contributed by atoms with Crippen molar-refractivity contribution in [1.29, 1.82) is 0 Å². The predicted octanol–water partition coefficient (Wildman–Crippen LogP) is 3.16. The first-order valence-corrected chi connectivity index (χ1v) is 6.89. The number of amides is 2. The van der Waals surface area contributed by atoms with E-state index in [-0.39, 0.29) is 6.03 Å². The number of anilines is 1. The highest BCUT2D eigenvalue weighted by Crippen LogP contribution is 2.26. The Morgan fingerprint density at radius 2 is 2.10 bits per heavy atom. The van der Waals surface area contributed by atoms with Crippen molar-refractivity contribution in [3.63, 3.8) is 0 Å². The monoisotopic (exact) mass is 316 g/mol. The maximum atomic E-state index is 12.2. The molecule has 1 aliphatic heterocycles. The van der Waals surface area contributed by atoms with E-state index < -0.39 is 12.0 Å². The quantitative estimate of drug-likeness (QED) is 0.853. The van der Waals surface area contributed by atoms with E-state index in [1.54, 1.807) is 18.2 Å². The number of halogens is 2. The van der Waals surface area contributed by atoms with Gasteiger partial charge in [0.25, 0.3) is 0 Å². The zero-order chi connectivity index (χ0) is 14.7. The summed E-state index contributed by atoms with van der Waals surface area (Å²) >= 11 is 11.7. The van der Waals surface area contributed by atoms with E-state index in [4.69, 9.17) is 27.9 Å². The number of ether oxygens (including phenoxy) is 1. The summed E-state index contributed by atoms with van der Waals surface area (Å²) in [6.45, 7) is 0.521. The van der Waals surface area contributed by atoms with Crippen molar-refractivity contribution < 1.29 is 14.3 Å². The summed E-state index contributed by atoms with van der Waals surface area (Å²) in [4.78, 5) is 25.2. The number of esters is 1. The highest BCUT2D eigenvalue weighted by Gasteiger charge is 2.34. The lowest BCUT2D eigenvalue weighted by Crippen LogP contribution is -2.43. The van der Waals surface area contributed by atoms with Crippen LogP contribution in [0.15, 0.2) is 18.2 Å². The first-order valence-electron chi connectivity index (χ1n) is 6.13. The molecule has 7 heteroatoms. The van der Waals surface area contributed by atoms with Gasteiger partial charge in [-0.1, -0.05) is 23.2 Å². The Morgan fingerprint density at radius 1 is 1.35 bits per heavy atom. The van der Waals surface area contributed by atoms with E-state index in [2.05, 4.69) is 5.32 Å². The minimum atomic E-state index is -0.525. The first kappa shape index (κ1) is 14.9. The van der Waals surface area contributed by atoms with Gasteiger partial charge in [-0.05, 0) is 31.0 Å². The Kier molecular flexibility index (Phi) is 4.73. The zero-order valence-corrected chi connectivity index (χ0v) is 12.4. The van der Waals surface area contributed by atoms with Crippen LogP contribution in [0.3, 0.4) is 0 Å². The van der Waals surface area contributed by atoms with Gasteiger partial charge in [-0.15, -0.1) is 0 Å². The van der Waals surface area contributed by atoms with Crippen LogP contribution >= 0.6 is 23.2 Å². The lowest BCUT2D eigenvalue weighted by atomic mass is 10.2. The number of methoxy groups -OCH3 is 1. The summed E-state index contributed by atoms with van der Waals surface area (Å²) in [5, 5.41) is 3.47. The summed E-state index contributed by atoms with van der Waals surface area (Å²) in [7, 11) is 1.32. The molecule has 0 radical (unpaired) electrons. The van der Waals surface area contributed by atoms with Crippen LogP contribution in [0.4, 0.5) is 10.5 Å². The van der Waals surface area contributed by atoms with Gasteiger partial charge in [0.05, 0.1) is 17.2 Å². The number of benzene rings is 1. The van der Waals surface area contributed by atoms with Crippen LogP contribution in [0.2, 0.25) is 10.0 Å². The van der Waals surface area contributed by atoms with Crippen LogP contribution in [0, 0.1) is 0 Å². The van der Waals surface area contributed by atoms with Gasteiger partial charge in [-0.3, -0.25) is 0 Å². The van der Waals surface area contributed by atoms with Crippen molar-refractivity contribution in [1.82, 2.24) is 4.90 Å². The zero-order valence-electron chi connectivity index (χ0n) is 10.9. The van der Waals surface area contributed by atoms with Crippen LogP contribution in [0.1, 0.15) is 12.8 Å². The van der Waals surface area contributed by atoms with Crippen molar-refractivity contribution in [2.24, 2.45) is 0 Å². The average molecular weight is 317 g/mol. The minimum absolute atomic E-state index is 0.351. The number of hydrogen-bond acceptors (Lipinski definition) is 3. The third-order valence-electron chi connectivity index (χ3n) is 3.16. The molecule has 0 spiro atoms. The van der Waals surface area contributed by atoms with Gasteiger partial charge in [-0.2, -0.15) is 0 Å². The number of nitrogens with one attached hydrogen (secondary N) is 1. The Hall–Kier alpha value is -1.46. The Bertz CT molecular complexity index is 536. The van der Waals surface area contributed by atoms with Crippen LogP contribution in [-0.2, 0) is 9.53 Å². The second-order valence-corrected chi connectivity index (χ2v) is 5.25. The molecule has 1 heterocycles. The fourth-order valence-corrected chi connectivity index (χ4v) is 2.46. The Labute approximate surface area is 126 Å². The number of nitrogens with zero attached hydrogens (tertiary/aromatic N) is 1. The minimum Gasteiger partial charge on any atom is -0.467 e. The third kappa shape index (κ3) is 3.16. The van der Waals surface area contributed by atoms with Crippen molar-refractivity contribution in [2.75, 3.05) is 19.0 Å². The van der Waals surface area contributed by atoms with E-state index in [1.807, 2.05) is 0 Å². The number of carbonyl (C=O) groups excluding carboxylic acids is 2. The second kappa shape index (κ2) is 6.33. The summed E-state index contributed by atoms with van der Waals surface area (Å²) in [6.07, 6.45) is 1.38. The smallest absolute Gasteiger partial charge is 0.328 e. The Balaban J connectivity index is 2.07. The molecule has 2 amide bonds. The average Bonchev–Trinajstić information content (AvgIpc) is 2.91. The molecule has 20 heavy (non-hydrogen) atoms. The number of rotatable bonds is 2. The molecule has 1 aliphatic rings. The summed E-state index contributed by atoms with van der Waals surface area (Å²) in [6, 6.07) is 3.93. The molecule has 108 valence electrons. The van der Waals surface area contributed by atoms with Crippen LogP contribution in [0.25, 0.3) is 0 Å². The standard InChI is InChI=1S/C13H14Cl2N2O3/c1-20-12(18)11-3-2-6-17(11)13(19)16-8-4-5-9(14)10(15)7-8/h4-5,7,11H,2-3,6H2,1H3,(H,16,19). The predicted molar refractivity (Wildman–Crippen MR) is 77.2 cm³/mol. The van der Waals surface area contributed by atoms with E-state index in [0.717, 1.165) is 6.42 Å². The van der Waals surface area contributed by atoms with Crippen molar-refractivity contribution in [3.8, 4) is 0 Å². The lowest BCUT2D eigenvalue weighted by molar-refractivity contribution is -0.144. The van der Waals surface area contributed by atoms with E-state index in [9.17, 15) is 9.59 Å². The van der Waals surface area contributed by atoms with Gasteiger partial charge >= 0.3 is 12.0 Å². The SMILES string of the molecule is COC(=O)C1CCCN1C(=O)Nc1ccc(Cl)c(Cl)c1. The molecular formula is C13H14Cl2N2O3. The van der Waals surface area contributed by atoms with Crippen LogP contribution in [-0.4, -0.2) is 36.6 Å². The number of carbonyl (C=O) groups is 2. The molecular weight excluding hydrogens is 303 g/mol. The molecule has 1 N–H and O–H groups in total. The molecule has 1 atom stereocenters. The molecule has 1 saturated heterocycles. The third-order valence-corrected chi connectivity index (χ3v) is 3.90. The highest BCUT2D eigenvalue weighted by molar-refractivity contribution is 6.42. The topological polar surface area (TPSA) is 58.6 Å². The highest BCUT2D eigenvalue weighted by atomic mass is 35.5.